The number of carbonyl (C=O) groups excluding carboxylic acids is 2. The summed E-state index contributed by atoms with van der Waals surface area (Å²) in [6.07, 6.45) is 0.771. The van der Waals surface area contributed by atoms with Gasteiger partial charge in [-0.25, -0.2) is 0 Å². The van der Waals surface area contributed by atoms with Crippen molar-refractivity contribution in [1.29, 1.82) is 0 Å². The Balaban J connectivity index is 1.98. The molecule has 0 saturated carbocycles. The van der Waals surface area contributed by atoms with E-state index in [-0.39, 0.29) is 33.9 Å². The van der Waals surface area contributed by atoms with Gasteiger partial charge in [-0.2, -0.15) is 0 Å². The van der Waals surface area contributed by atoms with Gasteiger partial charge in [0.15, 0.2) is 0 Å². The van der Waals surface area contributed by atoms with Crippen molar-refractivity contribution in [2.75, 3.05) is 6.61 Å². The standard InChI is InChI=1S/C20H27O5.BrH.Hg/c1-13-9-10-18(25-17(13)11-12-21)14(2)19(22)15(3)24-20(23)16-7-5-4-6-8-16;;/h4-8,11,13-15,17-18,21H,9-10,12H2,1-3H3;1H;/q;;+1/p-1/t13-,14-,15+,17-,18-;;/m0../s1. The molecule has 0 aliphatic carbocycles. The Morgan fingerprint density at radius 2 is 1.96 bits per heavy atom. The molecule has 0 aromatic heterocycles. The SMILES string of the molecule is C[C@H](C(=O)[C@@H](C)OC(=O)c1ccccc1)[C@@H]1CC[C@H](C)[C@H]([C@H](CO)[Hg][Br])O1. The van der Waals surface area contributed by atoms with Gasteiger partial charge in [0, 0.05) is 0 Å². The first-order valence-corrected chi connectivity index (χ1v) is 24.6. The molecule has 1 aromatic carbocycles. The van der Waals surface area contributed by atoms with Crippen LogP contribution in [0.4, 0.5) is 0 Å². The van der Waals surface area contributed by atoms with Gasteiger partial charge in [0.1, 0.15) is 0 Å². The fraction of sp³-hybridized carbons (Fsp3) is 0.600. The summed E-state index contributed by atoms with van der Waals surface area (Å²) in [5.41, 5.74) is 0.434. The van der Waals surface area contributed by atoms with Crippen LogP contribution in [0.15, 0.2) is 30.3 Å². The molecule has 0 radical (unpaired) electrons. The number of Topliss-reactive ketones (excluding diaryl/α,β-unsaturated/α-hetero) is 1. The van der Waals surface area contributed by atoms with Crippen molar-refractivity contribution in [2.45, 2.75) is 55.4 Å². The zero-order valence-electron chi connectivity index (χ0n) is 16.1. The monoisotopic (exact) mass is 628 g/mol. The summed E-state index contributed by atoms with van der Waals surface area (Å²) >= 11 is 2.32. The predicted octanol–water partition coefficient (Wildman–Crippen LogP) is 3.79. The number of hydrogen-bond acceptors (Lipinski definition) is 5. The molecule has 27 heavy (non-hydrogen) atoms. The van der Waals surface area contributed by atoms with Gasteiger partial charge < -0.3 is 0 Å². The van der Waals surface area contributed by atoms with Crippen molar-refractivity contribution in [1.82, 2.24) is 0 Å². The van der Waals surface area contributed by atoms with E-state index in [1.165, 1.54) is 0 Å². The van der Waals surface area contributed by atoms with Crippen LogP contribution < -0.4 is 0 Å². The average molecular weight is 628 g/mol. The molecule has 1 heterocycles. The average Bonchev–Trinajstić information content (AvgIpc) is 2.69. The fourth-order valence-corrected chi connectivity index (χ4v) is 11.9. The second-order valence-corrected chi connectivity index (χ2v) is 18.4. The molecule has 6 atom stereocenters. The third kappa shape index (κ3) is 6.08. The van der Waals surface area contributed by atoms with E-state index in [4.69, 9.17) is 9.47 Å². The summed E-state index contributed by atoms with van der Waals surface area (Å²) in [4.78, 5) is 25.0. The first-order valence-electron chi connectivity index (χ1n) is 9.51. The van der Waals surface area contributed by atoms with Crippen LogP contribution in [-0.4, -0.2) is 41.8 Å². The number of carbonyl (C=O) groups is 2. The normalized spacial score (nSPS) is 25.7. The molecule has 0 unspecified atom stereocenters. The van der Waals surface area contributed by atoms with Crippen LogP contribution in [0.5, 0.6) is 0 Å². The van der Waals surface area contributed by atoms with Crippen LogP contribution in [0.25, 0.3) is 0 Å². The topological polar surface area (TPSA) is 72.8 Å². The maximum atomic E-state index is 12.8. The Morgan fingerprint density at radius 3 is 2.56 bits per heavy atom. The Morgan fingerprint density at radius 1 is 1.30 bits per heavy atom. The van der Waals surface area contributed by atoms with Gasteiger partial charge in [0.2, 0.25) is 0 Å². The van der Waals surface area contributed by atoms with Crippen LogP contribution in [-0.2, 0) is 36.4 Å². The van der Waals surface area contributed by atoms with Gasteiger partial charge in [-0.15, -0.1) is 0 Å². The molecular formula is C20H27BrHgO5. The quantitative estimate of drug-likeness (QED) is 0.351. The molecule has 0 amide bonds. The van der Waals surface area contributed by atoms with Crippen molar-refractivity contribution >= 4 is 23.7 Å². The van der Waals surface area contributed by atoms with E-state index in [0.717, 1.165) is 12.8 Å². The molecule has 1 saturated heterocycles. The van der Waals surface area contributed by atoms with Crippen molar-refractivity contribution in [3.05, 3.63) is 35.9 Å². The Hall–Kier alpha value is -0.305. The van der Waals surface area contributed by atoms with Crippen LogP contribution >= 0.6 is 11.9 Å². The third-order valence-corrected chi connectivity index (χ3v) is 17.0. The molecule has 1 fully saturated rings. The minimum absolute atomic E-state index is 0.00668. The van der Waals surface area contributed by atoms with Gasteiger partial charge in [-0.3, -0.25) is 0 Å². The summed E-state index contributed by atoms with van der Waals surface area (Å²) in [7, 11) is 0. The van der Waals surface area contributed by atoms with Gasteiger partial charge in [-0.05, 0) is 0 Å². The maximum absolute atomic E-state index is 12.8. The number of rotatable bonds is 8. The van der Waals surface area contributed by atoms with E-state index in [0.29, 0.717) is 11.5 Å². The number of aliphatic hydroxyl groups is 1. The van der Waals surface area contributed by atoms with Crippen LogP contribution in [0, 0.1) is 11.8 Å². The first-order chi connectivity index (χ1) is 12.9. The number of halogens is 1. The molecule has 7 heteroatoms. The number of hydrogen-bond donors (Lipinski definition) is 1. The number of aliphatic hydroxyl groups excluding tert-OH is 1. The molecule has 0 spiro atoms. The van der Waals surface area contributed by atoms with Crippen molar-refractivity contribution < 1.29 is 46.3 Å². The van der Waals surface area contributed by atoms with Crippen molar-refractivity contribution in [2.24, 2.45) is 11.8 Å². The minimum atomic E-state index is -1.34. The molecule has 0 bridgehead atoms. The zero-order chi connectivity index (χ0) is 20.0. The summed E-state index contributed by atoms with van der Waals surface area (Å²) in [6, 6.07) is 8.68. The predicted molar refractivity (Wildman–Crippen MR) is 102 cm³/mol. The van der Waals surface area contributed by atoms with E-state index < -0.39 is 34.2 Å². The zero-order valence-corrected chi connectivity index (χ0v) is 23.2. The molecule has 1 N–H and O–H groups in total. The number of benzene rings is 1. The van der Waals surface area contributed by atoms with Gasteiger partial charge in [-0.1, -0.05) is 6.07 Å². The van der Waals surface area contributed by atoms with E-state index in [1.807, 2.05) is 13.0 Å². The Labute approximate surface area is 178 Å². The summed E-state index contributed by atoms with van der Waals surface area (Å²) in [5.74, 6) is -0.591. The molecule has 2 rings (SSSR count). The van der Waals surface area contributed by atoms with Gasteiger partial charge in [0.05, 0.1) is 0 Å². The van der Waals surface area contributed by atoms with E-state index in [1.54, 1.807) is 31.2 Å². The van der Waals surface area contributed by atoms with E-state index in [2.05, 4.69) is 18.8 Å². The third-order valence-electron chi connectivity index (χ3n) is 5.40. The summed E-state index contributed by atoms with van der Waals surface area (Å²) in [5, 5.41) is 9.65. The second kappa shape index (κ2) is 11.0. The molecule has 1 aliphatic heterocycles. The van der Waals surface area contributed by atoms with Crippen LogP contribution in [0.2, 0.25) is 3.43 Å². The number of ketones is 1. The van der Waals surface area contributed by atoms with Gasteiger partial charge in [0.25, 0.3) is 0 Å². The van der Waals surface area contributed by atoms with Crippen molar-refractivity contribution in [3.63, 3.8) is 0 Å². The number of esters is 1. The summed E-state index contributed by atoms with van der Waals surface area (Å²) in [6.45, 7) is 5.76. The van der Waals surface area contributed by atoms with Crippen molar-refractivity contribution in [3.8, 4) is 0 Å². The second-order valence-electron chi connectivity index (χ2n) is 7.40. The molecule has 146 valence electrons. The van der Waals surface area contributed by atoms with Crippen LogP contribution in [0.1, 0.15) is 44.0 Å². The van der Waals surface area contributed by atoms with Crippen LogP contribution in [0.3, 0.4) is 0 Å². The molecular weight excluding hydrogens is 601 g/mol. The first kappa shape index (κ1) is 23.0. The fourth-order valence-electron chi connectivity index (χ4n) is 3.59. The van der Waals surface area contributed by atoms with Gasteiger partial charge >= 0.3 is 174 Å². The molecule has 1 aromatic rings. The number of ether oxygens (including phenoxy) is 2. The molecule has 1 aliphatic rings. The molecule has 5 nitrogen and oxygen atoms in total. The van der Waals surface area contributed by atoms with E-state index >= 15 is 0 Å². The summed E-state index contributed by atoms with van der Waals surface area (Å²) < 4.78 is 11.9. The van der Waals surface area contributed by atoms with E-state index in [9.17, 15) is 14.7 Å². The Kier molecular flexibility index (Phi) is 9.39. The Bertz CT molecular complexity index is 622.